The summed E-state index contributed by atoms with van der Waals surface area (Å²) in [5.41, 5.74) is -0.335. The smallest absolute Gasteiger partial charge is 0.358 e. The van der Waals surface area contributed by atoms with Crippen LogP contribution in [0.25, 0.3) is 0 Å². The van der Waals surface area contributed by atoms with E-state index in [0.29, 0.717) is 5.13 Å². The zero-order valence-electron chi connectivity index (χ0n) is 9.66. The topological polar surface area (TPSA) is 68.3 Å². The maximum absolute atomic E-state index is 11.6. The SMILES string of the molecule is CC(=O)Nc1nc(C(=O)OC(C)(C)C)cs1. The highest BCUT2D eigenvalue weighted by atomic mass is 32.1. The molecule has 1 amide bonds. The number of thiazole rings is 1. The molecule has 16 heavy (non-hydrogen) atoms. The van der Waals surface area contributed by atoms with E-state index in [1.807, 2.05) is 0 Å². The number of esters is 1. The number of ether oxygens (including phenoxy) is 1. The highest BCUT2D eigenvalue weighted by molar-refractivity contribution is 7.14. The van der Waals surface area contributed by atoms with Gasteiger partial charge in [0.2, 0.25) is 5.91 Å². The molecule has 0 atom stereocenters. The molecule has 0 unspecified atom stereocenters. The molecule has 0 saturated carbocycles. The Morgan fingerprint density at radius 3 is 2.56 bits per heavy atom. The van der Waals surface area contributed by atoms with Gasteiger partial charge in [-0.15, -0.1) is 11.3 Å². The predicted octanol–water partition coefficient (Wildman–Crippen LogP) is 2.06. The summed E-state index contributed by atoms with van der Waals surface area (Å²) in [4.78, 5) is 26.3. The van der Waals surface area contributed by atoms with Crippen LogP contribution in [0.15, 0.2) is 5.38 Å². The fourth-order valence-corrected chi connectivity index (χ4v) is 1.63. The van der Waals surface area contributed by atoms with Crippen molar-refractivity contribution < 1.29 is 14.3 Å². The van der Waals surface area contributed by atoms with Gasteiger partial charge < -0.3 is 10.1 Å². The van der Waals surface area contributed by atoms with E-state index in [9.17, 15) is 9.59 Å². The van der Waals surface area contributed by atoms with E-state index in [-0.39, 0.29) is 11.6 Å². The van der Waals surface area contributed by atoms with E-state index in [0.717, 1.165) is 0 Å². The molecule has 1 aromatic heterocycles. The van der Waals surface area contributed by atoms with Crippen molar-refractivity contribution in [3.8, 4) is 0 Å². The Balaban J connectivity index is 2.71. The fourth-order valence-electron chi connectivity index (χ4n) is 0.906. The summed E-state index contributed by atoms with van der Waals surface area (Å²) in [5, 5.41) is 4.46. The van der Waals surface area contributed by atoms with Gasteiger partial charge in [0.25, 0.3) is 0 Å². The van der Waals surface area contributed by atoms with Crippen LogP contribution in [0, 0.1) is 0 Å². The zero-order valence-corrected chi connectivity index (χ0v) is 10.5. The summed E-state index contributed by atoms with van der Waals surface area (Å²) >= 11 is 1.19. The summed E-state index contributed by atoms with van der Waals surface area (Å²) in [6.45, 7) is 6.73. The molecule has 1 N–H and O–H groups in total. The average molecular weight is 242 g/mol. The fraction of sp³-hybridized carbons (Fsp3) is 0.500. The number of aromatic nitrogens is 1. The molecule has 6 heteroatoms. The number of anilines is 1. The van der Waals surface area contributed by atoms with Crippen LogP contribution in [-0.2, 0) is 9.53 Å². The van der Waals surface area contributed by atoms with Gasteiger partial charge in [0.1, 0.15) is 5.60 Å². The second-order valence-corrected chi connectivity index (χ2v) is 5.08. The molecule has 0 fully saturated rings. The van der Waals surface area contributed by atoms with E-state index in [4.69, 9.17) is 4.74 Å². The van der Waals surface area contributed by atoms with Gasteiger partial charge in [-0.2, -0.15) is 0 Å². The minimum atomic E-state index is -0.547. The first-order valence-corrected chi connectivity index (χ1v) is 5.62. The molecule has 0 saturated heterocycles. The molecule has 0 radical (unpaired) electrons. The zero-order chi connectivity index (χ0) is 12.3. The Morgan fingerprint density at radius 1 is 1.44 bits per heavy atom. The highest BCUT2D eigenvalue weighted by Crippen LogP contribution is 2.18. The number of hydrogen-bond acceptors (Lipinski definition) is 5. The van der Waals surface area contributed by atoms with Crippen molar-refractivity contribution in [1.82, 2.24) is 4.98 Å². The minimum Gasteiger partial charge on any atom is -0.455 e. The molecule has 1 rings (SSSR count). The lowest BCUT2D eigenvalue weighted by molar-refractivity contribution is -0.114. The molecule has 88 valence electrons. The Kier molecular flexibility index (Phi) is 3.64. The number of rotatable bonds is 2. The maximum Gasteiger partial charge on any atom is 0.358 e. The molecule has 5 nitrogen and oxygen atoms in total. The number of amides is 1. The van der Waals surface area contributed by atoms with E-state index in [2.05, 4.69) is 10.3 Å². The third-order valence-corrected chi connectivity index (χ3v) is 2.15. The Bertz CT molecular complexity index is 406. The van der Waals surface area contributed by atoms with E-state index < -0.39 is 11.6 Å². The van der Waals surface area contributed by atoms with Gasteiger partial charge in [0.15, 0.2) is 10.8 Å². The van der Waals surface area contributed by atoms with Gasteiger partial charge >= 0.3 is 5.97 Å². The van der Waals surface area contributed by atoms with Crippen molar-refractivity contribution in [2.24, 2.45) is 0 Å². The molecule has 0 aliphatic heterocycles. The van der Waals surface area contributed by atoms with Gasteiger partial charge in [0.05, 0.1) is 0 Å². The Labute approximate surface area is 97.8 Å². The molecular weight excluding hydrogens is 228 g/mol. The molecule has 0 aromatic carbocycles. The van der Waals surface area contributed by atoms with Crippen LogP contribution in [0.5, 0.6) is 0 Å². The summed E-state index contributed by atoms with van der Waals surface area (Å²) in [5.74, 6) is -0.703. The van der Waals surface area contributed by atoms with Crippen LogP contribution in [0.3, 0.4) is 0 Å². The first-order valence-electron chi connectivity index (χ1n) is 4.74. The van der Waals surface area contributed by atoms with Crippen molar-refractivity contribution in [2.45, 2.75) is 33.3 Å². The Hall–Kier alpha value is -1.43. The molecule has 0 spiro atoms. The molecule has 0 aliphatic carbocycles. The third-order valence-electron chi connectivity index (χ3n) is 1.40. The lowest BCUT2D eigenvalue weighted by Gasteiger charge is -2.18. The normalized spacial score (nSPS) is 11.0. The number of nitrogens with zero attached hydrogens (tertiary/aromatic N) is 1. The predicted molar refractivity (Wildman–Crippen MR) is 61.6 cm³/mol. The quantitative estimate of drug-likeness (QED) is 0.806. The van der Waals surface area contributed by atoms with Crippen LogP contribution in [0.4, 0.5) is 5.13 Å². The van der Waals surface area contributed by atoms with Crippen molar-refractivity contribution in [1.29, 1.82) is 0 Å². The van der Waals surface area contributed by atoms with Crippen LogP contribution >= 0.6 is 11.3 Å². The summed E-state index contributed by atoms with van der Waals surface area (Å²) in [6.07, 6.45) is 0. The van der Waals surface area contributed by atoms with Crippen molar-refractivity contribution in [3.63, 3.8) is 0 Å². The van der Waals surface area contributed by atoms with Crippen molar-refractivity contribution >= 4 is 28.3 Å². The first kappa shape index (κ1) is 12.6. The average Bonchev–Trinajstić information content (AvgIpc) is 2.48. The molecular formula is C10H14N2O3S. The van der Waals surface area contributed by atoms with Gasteiger partial charge in [-0.3, -0.25) is 4.79 Å². The summed E-state index contributed by atoms with van der Waals surface area (Å²) in [7, 11) is 0. The Morgan fingerprint density at radius 2 is 2.06 bits per heavy atom. The first-order chi connectivity index (χ1) is 7.28. The van der Waals surface area contributed by atoms with Crippen LogP contribution in [0.1, 0.15) is 38.2 Å². The van der Waals surface area contributed by atoms with E-state index in [1.165, 1.54) is 18.3 Å². The van der Waals surface area contributed by atoms with Crippen LogP contribution in [0.2, 0.25) is 0 Å². The van der Waals surface area contributed by atoms with E-state index >= 15 is 0 Å². The van der Waals surface area contributed by atoms with Gasteiger partial charge in [-0.25, -0.2) is 9.78 Å². The number of hydrogen-bond donors (Lipinski definition) is 1. The van der Waals surface area contributed by atoms with Crippen LogP contribution < -0.4 is 5.32 Å². The largest absolute Gasteiger partial charge is 0.455 e. The molecule has 0 bridgehead atoms. The van der Waals surface area contributed by atoms with Gasteiger partial charge in [-0.1, -0.05) is 0 Å². The standard InChI is InChI=1S/C10H14N2O3S/c1-6(13)11-9-12-7(5-16-9)8(14)15-10(2,3)4/h5H,1-4H3,(H,11,12,13). The molecule has 1 aromatic rings. The number of carbonyl (C=O) groups is 2. The molecule has 1 heterocycles. The maximum atomic E-state index is 11.6. The molecule has 0 aliphatic rings. The van der Waals surface area contributed by atoms with Gasteiger partial charge in [-0.05, 0) is 20.8 Å². The number of carbonyl (C=O) groups excluding carboxylic acids is 2. The summed E-state index contributed by atoms with van der Waals surface area (Å²) in [6, 6.07) is 0. The third kappa shape index (κ3) is 3.98. The minimum absolute atomic E-state index is 0.212. The van der Waals surface area contributed by atoms with Crippen molar-refractivity contribution in [2.75, 3.05) is 5.32 Å². The second-order valence-electron chi connectivity index (χ2n) is 4.22. The van der Waals surface area contributed by atoms with Crippen molar-refractivity contribution in [3.05, 3.63) is 11.1 Å². The highest BCUT2D eigenvalue weighted by Gasteiger charge is 2.20. The second kappa shape index (κ2) is 4.61. The van der Waals surface area contributed by atoms with Crippen LogP contribution in [-0.4, -0.2) is 22.5 Å². The van der Waals surface area contributed by atoms with E-state index in [1.54, 1.807) is 26.2 Å². The lowest BCUT2D eigenvalue weighted by atomic mass is 10.2. The number of nitrogens with one attached hydrogen (secondary N) is 1. The lowest BCUT2D eigenvalue weighted by Crippen LogP contribution is -2.24. The summed E-state index contributed by atoms with van der Waals surface area (Å²) < 4.78 is 5.13. The monoisotopic (exact) mass is 242 g/mol. The van der Waals surface area contributed by atoms with Gasteiger partial charge in [0, 0.05) is 12.3 Å².